The van der Waals surface area contributed by atoms with Crippen LogP contribution >= 0.6 is 0 Å². The summed E-state index contributed by atoms with van der Waals surface area (Å²) in [5.74, 6) is 0.987. The summed E-state index contributed by atoms with van der Waals surface area (Å²) in [6.07, 6.45) is 1.00. The van der Waals surface area contributed by atoms with Crippen LogP contribution in [0.4, 0.5) is 0 Å². The van der Waals surface area contributed by atoms with Crippen LogP contribution in [-0.2, 0) is 4.74 Å². The molecule has 0 aliphatic rings. The Labute approximate surface area is 108 Å². The van der Waals surface area contributed by atoms with E-state index in [9.17, 15) is 0 Å². The number of ether oxygens (including phenoxy) is 1. The van der Waals surface area contributed by atoms with Gasteiger partial charge in [-0.25, -0.2) is 4.98 Å². The van der Waals surface area contributed by atoms with Crippen LogP contribution in [0.3, 0.4) is 0 Å². The maximum absolute atomic E-state index is 5.08. The van der Waals surface area contributed by atoms with Gasteiger partial charge in [0.05, 0.1) is 17.1 Å². The predicted octanol–water partition coefficient (Wildman–Crippen LogP) is 2.64. The fourth-order valence-electron chi connectivity index (χ4n) is 2.06. The average Bonchev–Trinajstić information content (AvgIpc) is 2.80. The lowest BCUT2D eigenvalue weighted by atomic mass is 10.2. The highest BCUT2D eigenvalue weighted by Crippen LogP contribution is 2.16. The summed E-state index contributed by atoms with van der Waals surface area (Å²) in [5.41, 5.74) is 2.11. The van der Waals surface area contributed by atoms with Crippen LogP contribution < -0.4 is 5.32 Å². The van der Waals surface area contributed by atoms with Gasteiger partial charge in [0.25, 0.3) is 0 Å². The molecular weight excluding hydrogens is 226 g/mol. The van der Waals surface area contributed by atoms with Crippen molar-refractivity contribution in [2.45, 2.75) is 32.4 Å². The zero-order valence-electron chi connectivity index (χ0n) is 11.2. The van der Waals surface area contributed by atoms with Crippen molar-refractivity contribution >= 4 is 11.0 Å². The number of hydrogen-bond acceptors (Lipinski definition) is 3. The molecule has 0 saturated heterocycles. The lowest BCUT2D eigenvalue weighted by Crippen LogP contribution is -2.30. The molecule has 2 unspecified atom stereocenters. The molecule has 0 fully saturated rings. The van der Waals surface area contributed by atoms with Gasteiger partial charge in [-0.05, 0) is 32.4 Å². The van der Waals surface area contributed by atoms with E-state index in [2.05, 4.69) is 29.1 Å². The van der Waals surface area contributed by atoms with Crippen LogP contribution in [0.1, 0.15) is 32.1 Å². The van der Waals surface area contributed by atoms with Crippen molar-refractivity contribution in [3.63, 3.8) is 0 Å². The van der Waals surface area contributed by atoms with E-state index in [1.54, 1.807) is 7.11 Å². The maximum atomic E-state index is 5.08. The van der Waals surface area contributed by atoms with Crippen LogP contribution in [0.15, 0.2) is 24.3 Å². The first-order chi connectivity index (χ1) is 8.70. The second-order valence-electron chi connectivity index (χ2n) is 4.71. The van der Waals surface area contributed by atoms with E-state index < -0.39 is 0 Å². The first kappa shape index (κ1) is 13.1. The van der Waals surface area contributed by atoms with Crippen LogP contribution in [-0.4, -0.2) is 29.7 Å². The van der Waals surface area contributed by atoms with Crippen LogP contribution in [0.25, 0.3) is 11.0 Å². The van der Waals surface area contributed by atoms with Gasteiger partial charge >= 0.3 is 0 Å². The Morgan fingerprint density at radius 1 is 1.33 bits per heavy atom. The van der Waals surface area contributed by atoms with Crippen molar-refractivity contribution in [3.05, 3.63) is 30.1 Å². The molecule has 2 rings (SSSR count). The van der Waals surface area contributed by atoms with Gasteiger partial charge in [0.1, 0.15) is 5.82 Å². The minimum atomic E-state index is 0.212. The van der Waals surface area contributed by atoms with Gasteiger partial charge in [-0.3, -0.25) is 0 Å². The number of aromatic nitrogens is 2. The summed E-state index contributed by atoms with van der Waals surface area (Å²) >= 11 is 0. The van der Waals surface area contributed by atoms with Crippen molar-refractivity contribution in [2.75, 3.05) is 13.7 Å². The molecule has 1 aromatic carbocycles. The number of nitrogens with one attached hydrogen (secondary N) is 2. The molecular formula is C14H21N3O. The fourth-order valence-corrected chi connectivity index (χ4v) is 2.06. The van der Waals surface area contributed by atoms with Gasteiger partial charge in [0.2, 0.25) is 0 Å². The molecule has 1 aromatic heterocycles. The lowest BCUT2D eigenvalue weighted by Gasteiger charge is -2.18. The Kier molecular flexibility index (Phi) is 4.33. The average molecular weight is 247 g/mol. The van der Waals surface area contributed by atoms with Crippen molar-refractivity contribution < 1.29 is 4.74 Å². The summed E-state index contributed by atoms with van der Waals surface area (Å²) < 4.78 is 5.08. The lowest BCUT2D eigenvalue weighted by molar-refractivity contribution is 0.183. The van der Waals surface area contributed by atoms with E-state index in [1.807, 2.05) is 24.3 Å². The number of imidazole rings is 1. The zero-order valence-corrected chi connectivity index (χ0v) is 11.2. The largest absolute Gasteiger partial charge is 0.385 e. The molecule has 0 bridgehead atoms. The van der Waals surface area contributed by atoms with Crippen molar-refractivity contribution in [1.82, 2.24) is 15.3 Å². The monoisotopic (exact) mass is 247 g/mol. The zero-order chi connectivity index (χ0) is 13.0. The van der Waals surface area contributed by atoms with E-state index >= 15 is 0 Å². The van der Waals surface area contributed by atoms with Gasteiger partial charge in [0, 0.05) is 19.8 Å². The van der Waals surface area contributed by atoms with Gasteiger partial charge in [-0.15, -0.1) is 0 Å². The summed E-state index contributed by atoms with van der Waals surface area (Å²) in [4.78, 5) is 7.95. The number of fused-ring (bicyclic) bond motifs is 1. The second kappa shape index (κ2) is 5.98. The normalized spacial score (nSPS) is 14.8. The number of benzene rings is 1. The van der Waals surface area contributed by atoms with Crippen LogP contribution in [0.2, 0.25) is 0 Å². The maximum Gasteiger partial charge on any atom is 0.124 e. The van der Waals surface area contributed by atoms with E-state index in [-0.39, 0.29) is 6.04 Å². The number of rotatable bonds is 6. The van der Waals surface area contributed by atoms with Gasteiger partial charge < -0.3 is 15.0 Å². The molecule has 0 aliphatic carbocycles. The van der Waals surface area contributed by atoms with E-state index in [0.29, 0.717) is 6.04 Å². The summed E-state index contributed by atoms with van der Waals surface area (Å²) in [7, 11) is 1.73. The van der Waals surface area contributed by atoms with Crippen LogP contribution in [0, 0.1) is 0 Å². The molecule has 0 saturated carbocycles. The van der Waals surface area contributed by atoms with Crippen LogP contribution in [0.5, 0.6) is 0 Å². The fraction of sp³-hybridized carbons (Fsp3) is 0.500. The molecule has 0 aliphatic heterocycles. The van der Waals surface area contributed by atoms with E-state index in [1.165, 1.54) is 0 Å². The van der Waals surface area contributed by atoms with Crippen molar-refractivity contribution in [1.29, 1.82) is 0 Å². The minimum Gasteiger partial charge on any atom is -0.385 e. The molecule has 0 radical (unpaired) electrons. The SMILES string of the molecule is COCCC(C)NC(C)c1nc2ccccc2[nH]1. The molecule has 2 atom stereocenters. The molecule has 4 heteroatoms. The van der Waals surface area contributed by atoms with E-state index in [0.717, 1.165) is 29.9 Å². The smallest absolute Gasteiger partial charge is 0.124 e. The Morgan fingerprint density at radius 2 is 2.11 bits per heavy atom. The first-order valence-corrected chi connectivity index (χ1v) is 6.40. The molecule has 0 amide bonds. The number of para-hydroxylation sites is 2. The Hall–Kier alpha value is -1.39. The molecule has 2 N–H and O–H groups in total. The number of aromatic amines is 1. The highest BCUT2D eigenvalue weighted by Gasteiger charge is 2.12. The van der Waals surface area contributed by atoms with Gasteiger partial charge in [-0.1, -0.05) is 12.1 Å². The summed E-state index contributed by atoms with van der Waals surface area (Å²) in [5, 5.41) is 3.52. The number of hydrogen-bond donors (Lipinski definition) is 2. The standard InChI is InChI=1S/C14H21N3O/c1-10(8-9-18-3)15-11(2)14-16-12-6-4-5-7-13(12)17-14/h4-7,10-11,15H,8-9H2,1-3H3,(H,16,17). The Morgan fingerprint density at radius 3 is 2.83 bits per heavy atom. The third-order valence-electron chi connectivity index (χ3n) is 3.11. The quantitative estimate of drug-likeness (QED) is 0.825. The van der Waals surface area contributed by atoms with Crippen molar-refractivity contribution in [2.24, 2.45) is 0 Å². The summed E-state index contributed by atoms with van der Waals surface area (Å²) in [6, 6.07) is 8.72. The minimum absolute atomic E-state index is 0.212. The first-order valence-electron chi connectivity index (χ1n) is 6.40. The van der Waals surface area contributed by atoms with E-state index in [4.69, 9.17) is 4.74 Å². The molecule has 2 aromatic rings. The van der Waals surface area contributed by atoms with Gasteiger partial charge in [-0.2, -0.15) is 0 Å². The number of methoxy groups -OCH3 is 1. The Balaban J connectivity index is 2.01. The topological polar surface area (TPSA) is 49.9 Å². The number of H-pyrrole nitrogens is 1. The van der Waals surface area contributed by atoms with Crippen molar-refractivity contribution in [3.8, 4) is 0 Å². The molecule has 1 heterocycles. The molecule has 18 heavy (non-hydrogen) atoms. The predicted molar refractivity (Wildman–Crippen MR) is 73.6 cm³/mol. The summed E-state index contributed by atoms with van der Waals surface area (Å²) in [6.45, 7) is 5.07. The third-order valence-corrected chi connectivity index (χ3v) is 3.11. The third kappa shape index (κ3) is 3.09. The van der Waals surface area contributed by atoms with Gasteiger partial charge in [0.15, 0.2) is 0 Å². The molecule has 0 spiro atoms. The molecule has 4 nitrogen and oxygen atoms in total. The Bertz CT molecular complexity index is 461. The second-order valence-corrected chi connectivity index (χ2v) is 4.71. The molecule has 98 valence electrons. The number of nitrogens with zero attached hydrogens (tertiary/aromatic N) is 1. The highest BCUT2D eigenvalue weighted by molar-refractivity contribution is 5.74. The highest BCUT2D eigenvalue weighted by atomic mass is 16.5.